The van der Waals surface area contributed by atoms with Crippen molar-refractivity contribution >= 4 is 68.9 Å². The Bertz CT molecular complexity index is 2980. The van der Waals surface area contributed by atoms with Gasteiger partial charge in [-0.15, -0.1) is 0 Å². The van der Waals surface area contributed by atoms with E-state index in [1.807, 2.05) is 23.5 Å². The molecule has 0 spiro atoms. The number of hydrogen-bond donors (Lipinski definition) is 0. The molecular weight excluding hydrogens is 801 g/mol. The molecule has 8 nitrogen and oxygen atoms in total. The molecule has 3 aliphatic heterocycles. The van der Waals surface area contributed by atoms with Crippen LogP contribution in [0.4, 0.5) is 11.4 Å². The minimum atomic E-state index is 0.727. The summed E-state index contributed by atoms with van der Waals surface area (Å²) in [6, 6.07) is 60.2. The zero-order chi connectivity index (χ0) is 41.6. The Hall–Kier alpha value is -6.88. The standard InChI is InChI=1S/C52H44N8S2/c1-55-45-25-13-15-27-47(45)61-51(55)35-37-33-49(59(39-17-5-3-6-18-39)43-23-11-9-21-41(37)43)53-57-29-31-58(32-30-57)54-50-34-38(36-52-56(2)46-26-14-16-28-48(46)62-52)42-22-10-12-24-44(42)60(50)40-19-7-4-8-20-40/h3-28,33-36H,29-32H2,1-2H3/b51-35+,52-36+,53-49-,54-50-. The largest absolute Gasteiger partial charge is 0.338 e. The van der Waals surface area contributed by atoms with Gasteiger partial charge in [0.05, 0.1) is 58.6 Å². The maximum absolute atomic E-state index is 5.44. The van der Waals surface area contributed by atoms with Crippen LogP contribution in [0.3, 0.4) is 0 Å². The lowest BCUT2D eigenvalue weighted by Crippen LogP contribution is -2.44. The molecule has 0 saturated carbocycles. The van der Waals surface area contributed by atoms with Crippen molar-refractivity contribution in [2.45, 2.75) is 9.79 Å². The summed E-state index contributed by atoms with van der Waals surface area (Å²) in [6.45, 7) is 2.91. The fraction of sp³-hybridized carbons (Fsp3) is 0.115. The first-order valence-corrected chi connectivity index (χ1v) is 22.6. The Morgan fingerprint density at radius 3 is 1.23 bits per heavy atom. The van der Waals surface area contributed by atoms with E-state index < -0.39 is 0 Å². The Balaban J connectivity index is 0.975. The molecule has 2 aromatic heterocycles. The van der Waals surface area contributed by atoms with Crippen molar-refractivity contribution in [1.29, 1.82) is 0 Å². The summed E-state index contributed by atoms with van der Waals surface area (Å²) in [7, 11) is 4.30. The van der Waals surface area contributed by atoms with Crippen molar-refractivity contribution < 1.29 is 0 Å². The summed E-state index contributed by atoms with van der Waals surface area (Å²) in [6.07, 6.45) is 4.63. The van der Waals surface area contributed by atoms with E-state index in [4.69, 9.17) is 10.2 Å². The van der Waals surface area contributed by atoms with Gasteiger partial charge < -0.3 is 9.80 Å². The van der Waals surface area contributed by atoms with Crippen molar-refractivity contribution in [2.75, 3.05) is 50.1 Å². The Morgan fingerprint density at radius 1 is 0.435 bits per heavy atom. The van der Waals surface area contributed by atoms with Gasteiger partial charge in [0.1, 0.15) is 0 Å². The van der Waals surface area contributed by atoms with Crippen molar-refractivity contribution in [2.24, 2.45) is 10.2 Å². The van der Waals surface area contributed by atoms with E-state index in [1.54, 1.807) is 0 Å². The Morgan fingerprint density at radius 2 is 0.806 bits per heavy atom. The van der Waals surface area contributed by atoms with Crippen LogP contribution < -0.4 is 20.8 Å². The molecule has 6 aromatic carbocycles. The summed E-state index contributed by atoms with van der Waals surface area (Å²) in [5, 5.41) is 20.0. The summed E-state index contributed by atoms with van der Waals surface area (Å²) in [5.41, 5.74) is 10.9. The van der Waals surface area contributed by atoms with Crippen LogP contribution in [0, 0.1) is 0 Å². The lowest BCUT2D eigenvalue weighted by atomic mass is 10.1. The molecule has 10 heteroatoms. The fourth-order valence-corrected chi connectivity index (χ4v) is 10.9. The van der Waals surface area contributed by atoms with Gasteiger partial charge in [0.15, 0.2) is 11.0 Å². The second-order valence-corrected chi connectivity index (χ2v) is 17.7. The maximum atomic E-state index is 5.44. The zero-order valence-electron chi connectivity index (χ0n) is 34.5. The van der Waals surface area contributed by atoms with E-state index in [0.717, 1.165) is 70.7 Å². The average Bonchev–Trinajstić information content (AvgIpc) is 3.81. The molecule has 304 valence electrons. The normalized spacial score (nSPS) is 16.9. The number of rotatable bonds is 6. The van der Waals surface area contributed by atoms with Gasteiger partial charge in [-0.25, -0.2) is 0 Å². The highest BCUT2D eigenvalue weighted by Crippen LogP contribution is 2.47. The van der Waals surface area contributed by atoms with Crippen molar-refractivity contribution in [3.8, 4) is 11.4 Å². The van der Waals surface area contributed by atoms with Crippen molar-refractivity contribution in [3.05, 3.63) is 202 Å². The van der Waals surface area contributed by atoms with Crippen LogP contribution in [-0.2, 0) is 0 Å². The number of hydrogen-bond acceptors (Lipinski definition) is 8. The number of para-hydroxylation sites is 6. The van der Waals surface area contributed by atoms with E-state index in [2.05, 4.69) is 225 Å². The van der Waals surface area contributed by atoms with E-state index in [9.17, 15) is 0 Å². The predicted molar refractivity (Wildman–Crippen MR) is 258 cm³/mol. The monoisotopic (exact) mass is 844 g/mol. The smallest absolute Gasteiger partial charge is 0.158 e. The number of aromatic nitrogens is 2. The number of benzene rings is 6. The molecule has 0 N–H and O–H groups in total. The Labute approximate surface area is 369 Å². The molecule has 1 saturated heterocycles. The molecule has 1 fully saturated rings. The number of nitrogens with zero attached hydrogens (tertiary/aromatic N) is 8. The molecule has 0 amide bonds. The van der Waals surface area contributed by atoms with Gasteiger partial charge in [-0.2, -0.15) is 10.2 Å². The highest BCUT2D eigenvalue weighted by Gasteiger charge is 2.24. The minimum absolute atomic E-state index is 0.727. The van der Waals surface area contributed by atoms with Crippen LogP contribution in [0.2, 0.25) is 0 Å². The average molecular weight is 845 g/mol. The third-order valence-corrected chi connectivity index (χ3v) is 14.1. The van der Waals surface area contributed by atoms with Crippen molar-refractivity contribution in [3.63, 3.8) is 0 Å². The van der Waals surface area contributed by atoms with Crippen LogP contribution in [0.15, 0.2) is 200 Å². The number of pyridine rings is 2. The number of anilines is 2. The van der Waals surface area contributed by atoms with Gasteiger partial charge in [-0.1, -0.05) is 121 Å². The lowest BCUT2D eigenvalue weighted by Gasteiger charge is -2.31. The van der Waals surface area contributed by atoms with E-state index in [0.29, 0.717) is 0 Å². The summed E-state index contributed by atoms with van der Waals surface area (Å²) < 4.78 is 4.58. The molecule has 62 heavy (non-hydrogen) atoms. The van der Waals surface area contributed by atoms with Crippen LogP contribution in [0.1, 0.15) is 11.1 Å². The molecule has 0 radical (unpaired) electrons. The summed E-state index contributed by atoms with van der Waals surface area (Å²) >= 11 is 3.62. The second-order valence-electron chi connectivity index (χ2n) is 15.6. The molecule has 5 heterocycles. The molecule has 0 atom stereocenters. The molecule has 3 aliphatic rings. The first-order valence-electron chi connectivity index (χ1n) is 21.0. The Kier molecular flexibility index (Phi) is 9.94. The second kappa shape index (κ2) is 16.2. The van der Waals surface area contributed by atoms with Gasteiger partial charge in [0.2, 0.25) is 0 Å². The highest BCUT2D eigenvalue weighted by atomic mass is 32.2. The quantitative estimate of drug-likeness (QED) is 0.166. The zero-order valence-corrected chi connectivity index (χ0v) is 36.2. The molecule has 0 bridgehead atoms. The van der Waals surface area contributed by atoms with Gasteiger partial charge >= 0.3 is 0 Å². The lowest BCUT2D eigenvalue weighted by molar-refractivity contribution is 0.130. The number of piperazine rings is 1. The SMILES string of the molecule is CN1/C(=C\c2c/c(=N/N3CCN(/N=c4/cc(/C=C5/Sc6ccccc6N5C)c5ccccc5n4-c4ccccc4)CC3)n(-c3ccccc3)c3ccccc23)Sc2ccccc21. The van der Waals surface area contributed by atoms with Gasteiger partial charge in [0.25, 0.3) is 0 Å². The van der Waals surface area contributed by atoms with Gasteiger partial charge in [0, 0.05) is 46.0 Å². The third-order valence-electron chi connectivity index (χ3n) is 11.8. The van der Waals surface area contributed by atoms with E-state index in [-0.39, 0.29) is 0 Å². The van der Waals surface area contributed by atoms with E-state index >= 15 is 0 Å². The molecule has 8 aromatic rings. The van der Waals surface area contributed by atoms with Crippen LogP contribution >= 0.6 is 23.5 Å². The highest BCUT2D eigenvalue weighted by molar-refractivity contribution is 8.04. The number of thioether (sulfide) groups is 2. The van der Waals surface area contributed by atoms with Gasteiger partial charge in [-0.3, -0.25) is 19.2 Å². The third kappa shape index (κ3) is 7.04. The molecule has 0 aliphatic carbocycles. The first-order chi connectivity index (χ1) is 30.6. The molecule has 11 rings (SSSR count). The minimum Gasteiger partial charge on any atom is -0.338 e. The van der Waals surface area contributed by atoms with Gasteiger partial charge in [-0.05, 0) is 96.1 Å². The summed E-state index contributed by atoms with van der Waals surface area (Å²) in [4.78, 5) is 7.11. The summed E-state index contributed by atoms with van der Waals surface area (Å²) in [5.74, 6) is 0. The fourth-order valence-electron chi connectivity index (χ4n) is 8.65. The topological polar surface area (TPSA) is 47.5 Å². The molecule has 0 unspecified atom stereocenters. The van der Waals surface area contributed by atoms with E-state index in [1.165, 1.54) is 42.0 Å². The predicted octanol–water partition coefficient (Wildman–Crippen LogP) is 10.6. The maximum Gasteiger partial charge on any atom is 0.158 e. The van der Waals surface area contributed by atoms with Crippen LogP contribution in [-0.4, -0.2) is 59.4 Å². The van der Waals surface area contributed by atoms with Crippen LogP contribution in [0.5, 0.6) is 0 Å². The van der Waals surface area contributed by atoms with Crippen LogP contribution in [0.25, 0.3) is 45.3 Å². The van der Waals surface area contributed by atoms with Crippen molar-refractivity contribution in [1.82, 2.24) is 19.2 Å². The number of fused-ring (bicyclic) bond motifs is 4. The first kappa shape index (κ1) is 38.1. The molecular formula is C52H44N8S2.